The molecule has 1 fully saturated rings. The molecule has 17 heavy (non-hydrogen) atoms. The van der Waals surface area contributed by atoms with Gasteiger partial charge in [0.2, 0.25) is 0 Å². The Labute approximate surface area is 101 Å². The minimum Gasteiger partial charge on any atom is -0.321 e. The van der Waals surface area contributed by atoms with E-state index in [1.807, 2.05) is 0 Å². The van der Waals surface area contributed by atoms with Gasteiger partial charge >= 0.3 is 0 Å². The average Bonchev–Trinajstić information content (AvgIpc) is 2.95. The van der Waals surface area contributed by atoms with Crippen LogP contribution in [0.25, 0.3) is 0 Å². The van der Waals surface area contributed by atoms with Crippen molar-refractivity contribution in [2.24, 2.45) is 7.05 Å². The molecular formula is C12H16N4O. The molecule has 0 N–H and O–H groups in total. The molecule has 2 rings (SSSR count). The molecule has 1 aliphatic carbocycles. The van der Waals surface area contributed by atoms with Crippen molar-refractivity contribution in [1.29, 1.82) is 5.26 Å². The highest BCUT2D eigenvalue weighted by Gasteiger charge is 2.28. The van der Waals surface area contributed by atoms with Crippen molar-refractivity contribution in [3.63, 3.8) is 0 Å². The summed E-state index contributed by atoms with van der Waals surface area (Å²) in [6.07, 6.45) is 5.90. The maximum absolute atomic E-state index is 12.3. The summed E-state index contributed by atoms with van der Waals surface area (Å²) in [5.41, 5.74) is 0.548. The van der Waals surface area contributed by atoms with Crippen LogP contribution in [0.3, 0.4) is 0 Å². The van der Waals surface area contributed by atoms with Gasteiger partial charge in [-0.15, -0.1) is 0 Å². The Balaban J connectivity index is 2.19. The molecule has 0 bridgehead atoms. The van der Waals surface area contributed by atoms with E-state index >= 15 is 0 Å². The number of hydrogen-bond donors (Lipinski definition) is 0. The zero-order valence-electron chi connectivity index (χ0n) is 9.96. The van der Waals surface area contributed by atoms with Crippen molar-refractivity contribution in [3.8, 4) is 6.07 Å². The number of carbonyl (C=O) groups excluding carboxylic acids is 1. The molecule has 0 unspecified atom stereocenters. The number of amides is 1. The molecule has 1 aromatic heterocycles. The van der Waals surface area contributed by atoms with E-state index in [9.17, 15) is 4.79 Å². The van der Waals surface area contributed by atoms with Gasteiger partial charge in [-0.2, -0.15) is 10.4 Å². The highest BCUT2D eigenvalue weighted by Crippen LogP contribution is 2.24. The third kappa shape index (κ3) is 2.31. The third-order valence-electron chi connectivity index (χ3n) is 3.31. The smallest absolute Gasteiger partial charge is 0.273 e. The molecule has 5 nitrogen and oxygen atoms in total. The predicted molar refractivity (Wildman–Crippen MR) is 62.1 cm³/mol. The van der Waals surface area contributed by atoms with Gasteiger partial charge < -0.3 is 4.90 Å². The number of carbonyl (C=O) groups is 1. The van der Waals surface area contributed by atoms with E-state index in [-0.39, 0.29) is 18.5 Å². The van der Waals surface area contributed by atoms with Gasteiger partial charge in [0.1, 0.15) is 12.2 Å². The Bertz CT molecular complexity index is 440. The number of nitriles is 1. The van der Waals surface area contributed by atoms with Crippen LogP contribution in [-0.2, 0) is 7.05 Å². The maximum atomic E-state index is 12.3. The molecule has 0 aliphatic heterocycles. The largest absolute Gasteiger partial charge is 0.321 e. The van der Waals surface area contributed by atoms with Gasteiger partial charge in [0.05, 0.1) is 6.07 Å². The van der Waals surface area contributed by atoms with E-state index in [0.717, 1.165) is 25.7 Å². The minimum atomic E-state index is -0.0848. The average molecular weight is 232 g/mol. The van der Waals surface area contributed by atoms with Gasteiger partial charge in [0.25, 0.3) is 5.91 Å². The van der Waals surface area contributed by atoms with Crippen molar-refractivity contribution >= 4 is 5.91 Å². The molecular weight excluding hydrogens is 216 g/mol. The van der Waals surface area contributed by atoms with Gasteiger partial charge in [0, 0.05) is 19.3 Å². The molecule has 0 atom stereocenters. The summed E-state index contributed by atoms with van der Waals surface area (Å²) in [5, 5.41) is 12.8. The molecule has 1 saturated carbocycles. The Kier molecular flexibility index (Phi) is 3.43. The summed E-state index contributed by atoms with van der Waals surface area (Å²) in [6, 6.07) is 4.00. The lowest BCUT2D eigenvalue weighted by Gasteiger charge is -2.26. The highest BCUT2D eigenvalue weighted by atomic mass is 16.2. The summed E-state index contributed by atoms with van der Waals surface area (Å²) in [4.78, 5) is 14.0. The Morgan fingerprint density at radius 3 is 2.88 bits per heavy atom. The lowest BCUT2D eigenvalue weighted by molar-refractivity contribution is 0.0698. The molecule has 0 radical (unpaired) electrons. The topological polar surface area (TPSA) is 61.9 Å². The molecule has 1 amide bonds. The number of aromatic nitrogens is 2. The molecule has 90 valence electrons. The first kappa shape index (κ1) is 11.6. The van der Waals surface area contributed by atoms with Gasteiger partial charge in [0.15, 0.2) is 0 Å². The van der Waals surface area contributed by atoms with Crippen LogP contribution in [0, 0.1) is 11.3 Å². The first-order chi connectivity index (χ1) is 8.24. The molecule has 1 aliphatic rings. The van der Waals surface area contributed by atoms with E-state index in [1.165, 1.54) is 0 Å². The van der Waals surface area contributed by atoms with Crippen LogP contribution in [0.5, 0.6) is 0 Å². The van der Waals surface area contributed by atoms with Gasteiger partial charge in [-0.05, 0) is 18.9 Å². The normalized spacial score (nSPS) is 15.8. The second-order valence-corrected chi connectivity index (χ2v) is 4.37. The quantitative estimate of drug-likeness (QED) is 0.738. The summed E-state index contributed by atoms with van der Waals surface area (Å²) in [7, 11) is 1.74. The summed E-state index contributed by atoms with van der Waals surface area (Å²) >= 11 is 0. The number of aryl methyl sites for hydroxylation is 1. The van der Waals surface area contributed by atoms with E-state index in [2.05, 4.69) is 11.2 Å². The molecule has 0 aromatic carbocycles. The standard InChI is InChI=1S/C12H16N4O/c1-15-11(6-8-14-15)12(17)16(9-7-13)10-4-2-3-5-10/h6,8,10H,2-5,9H2,1H3. The lowest BCUT2D eigenvalue weighted by atomic mass is 10.2. The monoisotopic (exact) mass is 232 g/mol. The third-order valence-corrected chi connectivity index (χ3v) is 3.31. The Morgan fingerprint density at radius 2 is 2.35 bits per heavy atom. The van der Waals surface area contributed by atoms with Gasteiger partial charge in [-0.3, -0.25) is 9.48 Å². The maximum Gasteiger partial charge on any atom is 0.273 e. The SMILES string of the molecule is Cn1nccc1C(=O)N(CC#N)C1CCCC1. The number of nitrogens with zero attached hydrogens (tertiary/aromatic N) is 4. The summed E-state index contributed by atoms with van der Waals surface area (Å²) in [5.74, 6) is -0.0848. The highest BCUT2D eigenvalue weighted by molar-refractivity contribution is 5.92. The minimum absolute atomic E-state index is 0.0848. The van der Waals surface area contributed by atoms with Crippen molar-refractivity contribution < 1.29 is 4.79 Å². The second-order valence-electron chi connectivity index (χ2n) is 4.37. The van der Waals surface area contributed by atoms with E-state index in [1.54, 1.807) is 28.9 Å². The zero-order valence-corrected chi connectivity index (χ0v) is 9.96. The van der Waals surface area contributed by atoms with Crippen molar-refractivity contribution in [2.45, 2.75) is 31.7 Å². The zero-order chi connectivity index (χ0) is 12.3. The molecule has 1 heterocycles. The molecule has 5 heteroatoms. The van der Waals surface area contributed by atoms with Crippen molar-refractivity contribution in [2.75, 3.05) is 6.54 Å². The van der Waals surface area contributed by atoms with Crippen LogP contribution in [-0.4, -0.2) is 33.2 Å². The first-order valence-electron chi connectivity index (χ1n) is 5.90. The predicted octanol–water partition coefficient (Wildman–Crippen LogP) is 1.33. The summed E-state index contributed by atoms with van der Waals surface area (Å²) < 4.78 is 1.56. The van der Waals surface area contributed by atoms with Crippen LogP contribution in [0.15, 0.2) is 12.3 Å². The van der Waals surface area contributed by atoms with Crippen LogP contribution in [0.4, 0.5) is 0 Å². The van der Waals surface area contributed by atoms with Crippen LogP contribution in [0.1, 0.15) is 36.2 Å². The Morgan fingerprint density at radius 1 is 1.65 bits per heavy atom. The molecule has 0 spiro atoms. The van der Waals surface area contributed by atoms with E-state index in [0.29, 0.717) is 5.69 Å². The first-order valence-corrected chi connectivity index (χ1v) is 5.90. The van der Waals surface area contributed by atoms with Gasteiger partial charge in [-0.1, -0.05) is 12.8 Å². The molecule has 1 aromatic rings. The van der Waals surface area contributed by atoms with Crippen LogP contribution in [0.2, 0.25) is 0 Å². The fourth-order valence-corrected chi connectivity index (χ4v) is 2.39. The number of rotatable bonds is 3. The van der Waals surface area contributed by atoms with E-state index < -0.39 is 0 Å². The van der Waals surface area contributed by atoms with Gasteiger partial charge in [-0.25, -0.2) is 0 Å². The fraction of sp³-hybridized carbons (Fsp3) is 0.583. The fourth-order valence-electron chi connectivity index (χ4n) is 2.39. The molecule has 0 saturated heterocycles. The summed E-state index contributed by atoms with van der Waals surface area (Å²) in [6.45, 7) is 0.161. The van der Waals surface area contributed by atoms with Crippen molar-refractivity contribution in [1.82, 2.24) is 14.7 Å². The second kappa shape index (κ2) is 5.00. The van der Waals surface area contributed by atoms with E-state index in [4.69, 9.17) is 5.26 Å². The van der Waals surface area contributed by atoms with Crippen LogP contribution < -0.4 is 0 Å². The number of hydrogen-bond acceptors (Lipinski definition) is 3. The Hall–Kier alpha value is -1.83. The van der Waals surface area contributed by atoms with Crippen molar-refractivity contribution in [3.05, 3.63) is 18.0 Å². The lowest BCUT2D eigenvalue weighted by Crippen LogP contribution is -2.40. The van der Waals surface area contributed by atoms with Crippen LogP contribution >= 0.6 is 0 Å².